The molecule has 0 spiro atoms. The number of carbonyl (C=O) groups excluding carboxylic acids is 1. The molecule has 0 saturated carbocycles. The third kappa shape index (κ3) is 3.68. The molecule has 0 saturated heterocycles. The molecule has 134 valence electrons. The highest BCUT2D eigenvalue weighted by atomic mass is 32.2. The van der Waals surface area contributed by atoms with E-state index >= 15 is 0 Å². The van der Waals surface area contributed by atoms with E-state index < -0.39 is 0 Å². The van der Waals surface area contributed by atoms with E-state index in [1.807, 2.05) is 66.7 Å². The topological polar surface area (TPSA) is 69.4 Å². The third-order valence-electron chi connectivity index (χ3n) is 4.03. The number of aromatic nitrogens is 4. The Morgan fingerprint density at radius 1 is 1.04 bits per heavy atom. The summed E-state index contributed by atoms with van der Waals surface area (Å²) < 4.78 is 6.94. The van der Waals surface area contributed by atoms with Gasteiger partial charge in [-0.1, -0.05) is 54.2 Å². The molecule has 27 heavy (non-hydrogen) atoms. The van der Waals surface area contributed by atoms with Crippen molar-refractivity contribution in [1.29, 1.82) is 0 Å². The van der Waals surface area contributed by atoms with Gasteiger partial charge in [0.2, 0.25) is 5.16 Å². The second-order valence-corrected chi connectivity index (χ2v) is 6.72. The molecular formula is C20H16N4O2S. The van der Waals surface area contributed by atoms with Gasteiger partial charge in [0.1, 0.15) is 5.75 Å². The van der Waals surface area contributed by atoms with Crippen LogP contribution in [0.2, 0.25) is 0 Å². The molecule has 0 fully saturated rings. The summed E-state index contributed by atoms with van der Waals surface area (Å²) in [6.45, 7) is 0. The maximum Gasteiger partial charge on any atom is 0.212 e. The number of ketones is 1. The summed E-state index contributed by atoms with van der Waals surface area (Å²) in [6.07, 6.45) is 0. The molecule has 0 unspecified atom stereocenters. The Morgan fingerprint density at radius 3 is 2.70 bits per heavy atom. The Kier molecular flexibility index (Phi) is 4.84. The van der Waals surface area contributed by atoms with Crippen molar-refractivity contribution < 1.29 is 9.53 Å². The average Bonchev–Trinajstić information content (AvgIpc) is 3.15. The summed E-state index contributed by atoms with van der Waals surface area (Å²) >= 11 is 1.32. The molecule has 0 N–H and O–H groups in total. The maximum absolute atomic E-state index is 12.3. The second-order valence-electron chi connectivity index (χ2n) is 5.78. The van der Waals surface area contributed by atoms with Gasteiger partial charge in [-0.15, -0.1) is 10.2 Å². The van der Waals surface area contributed by atoms with Crippen molar-refractivity contribution in [2.75, 3.05) is 12.9 Å². The highest BCUT2D eigenvalue weighted by molar-refractivity contribution is 7.99. The molecule has 4 aromatic rings. The molecule has 4 rings (SSSR count). The number of ether oxygens (including phenoxy) is 1. The van der Waals surface area contributed by atoms with Crippen LogP contribution in [0, 0.1) is 0 Å². The molecule has 0 radical (unpaired) electrons. The molecule has 0 aliphatic carbocycles. The van der Waals surface area contributed by atoms with Crippen LogP contribution < -0.4 is 4.74 Å². The molecule has 0 amide bonds. The quantitative estimate of drug-likeness (QED) is 0.377. The van der Waals surface area contributed by atoms with Crippen LogP contribution in [0.1, 0.15) is 10.4 Å². The number of methoxy groups -OCH3 is 1. The fourth-order valence-electron chi connectivity index (χ4n) is 2.63. The first-order valence-electron chi connectivity index (χ1n) is 8.32. The van der Waals surface area contributed by atoms with Crippen LogP contribution in [0.5, 0.6) is 5.75 Å². The van der Waals surface area contributed by atoms with Crippen LogP contribution in [0.15, 0.2) is 71.9 Å². The summed E-state index contributed by atoms with van der Waals surface area (Å²) in [7, 11) is 1.63. The van der Waals surface area contributed by atoms with Crippen molar-refractivity contribution >= 4 is 23.2 Å². The molecule has 0 aliphatic heterocycles. The number of Topliss-reactive ketones (excluding diaryl/α,β-unsaturated/α-hetero) is 1. The van der Waals surface area contributed by atoms with Crippen molar-refractivity contribution in [3.8, 4) is 17.0 Å². The summed E-state index contributed by atoms with van der Waals surface area (Å²) in [6, 6.07) is 20.7. The lowest BCUT2D eigenvalue weighted by Crippen LogP contribution is -2.03. The van der Waals surface area contributed by atoms with Gasteiger partial charge in [0.25, 0.3) is 0 Å². The number of nitrogens with zero attached hydrogens (tertiary/aromatic N) is 4. The van der Waals surface area contributed by atoms with Gasteiger partial charge < -0.3 is 4.74 Å². The third-order valence-corrected chi connectivity index (χ3v) is 4.95. The number of hydrogen-bond donors (Lipinski definition) is 0. The van der Waals surface area contributed by atoms with Crippen LogP contribution in [0.4, 0.5) is 0 Å². The number of rotatable bonds is 6. The van der Waals surface area contributed by atoms with Gasteiger partial charge in [0.05, 0.1) is 18.6 Å². The number of hydrogen-bond acceptors (Lipinski definition) is 6. The normalized spacial score (nSPS) is 10.9. The van der Waals surface area contributed by atoms with Crippen LogP contribution in [-0.4, -0.2) is 38.5 Å². The van der Waals surface area contributed by atoms with E-state index in [0.717, 1.165) is 17.0 Å². The number of benzene rings is 2. The molecule has 0 bridgehead atoms. The van der Waals surface area contributed by atoms with E-state index in [1.54, 1.807) is 11.6 Å². The van der Waals surface area contributed by atoms with E-state index in [-0.39, 0.29) is 11.5 Å². The fourth-order valence-corrected chi connectivity index (χ4v) is 3.42. The zero-order valence-corrected chi connectivity index (χ0v) is 15.4. The Hall–Kier alpha value is -3.19. The van der Waals surface area contributed by atoms with E-state index in [0.29, 0.717) is 16.4 Å². The molecule has 2 aromatic carbocycles. The van der Waals surface area contributed by atoms with Crippen molar-refractivity contribution in [2.24, 2.45) is 0 Å². The number of carbonyl (C=O) groups is 1. The molecule has 0 atom stereocenters. The molecule has 2 heterocycles. The van der Waals surface area contributed by atoms with E-state index in [1.165, 1.54) is 11.8 Å². The van der Waals surface area contributed by atoms with Gasteiger partial charge in [-0.3, -0.25) is 4.79 Å². The summed E-state index contributed by atoms with van der Waals surface area (Å²) in [5.41, 5.74) is 3.03. The van der Waals surface area contributed by atoms with Crippen molar-refractivity contribution in [3.05, 3.63) is 72.3 Å². The minimum Gasteiger partial charge on any atom is -0.497 e. The van der Waals surface area contributed by atoms with Crippen LogP contribution in [0.3, 0.4) is 0 Å². The lowest BCUT2D eigenvalue weighted by molar-refractivity contribution is 0.102. The molecule has 2 aromatic heterocycles. The lowest BCUT2D eigenvalue weighted by Gasteiger charge is -2.05. The lowest BCUT2D eigenvalue weighted by atomic mass is 10.1. The van der Waals surface area contributed by atoms with Gasteiger partial charge in [-0.2, -0.15) is 9.61 Å². The minimum absolute atomic E-state index is 0.0429. The van der Waals surface area contributed by atoms with Gasteiger partial charge in [0, 0.05) is 11.1 Å². The molecular weight excluding hydrogens is 360 g/mol. The molecule has 0 aliphatic rings. The first-order valence-corrected chi connectivity index (χ1v) is 9.31. The van der Waals surface area contributed by atoms with Gasteiger partial charge in [0.15, 0.2) is 11.4 Å². The zero-order chi connectivity index (χ0) is 18.6. The van der Waals surface area contributed by atoms with Crippen LogP contribution in [-0.2, 0) is 0 Å². The average molecular weight is 376 g/mol. The first kappa shape index (κ1) is 17.2. The zero-order valence-electron chi connectivity index (χ0n) is 14.6. The minimum atomic E-state index is 0.0429. The van der Waals surface area contributed by atoms with E-state index in [2.05, 4.69) is 15.3 Å². The number of fused-ring (bicyclic) bond motifs is 1. The van der Waals surface area contributed by atoms with Gasteiger partial charge >= 0.3 is 0 Å². The molecule has 7 heteroatoms. The smallest absolute Gasteiger partial charge is 0.212 e. The van der Waals surface area contributed by atoms with Crippen LogP contribution >= 0.6 is 11.8 Å². The predicted molar refractivity (Wildman–Crippen MR) is 104 cm³/mol. The monoisotopic (exact) mass is 376 g/mol. The standard InChI is InChI=1S/C20H16N4O2S/c1-26-16-9-5-8-15(12-16)17-10-11-19-21-22-20(24(19)23-17)27-13-18(25)14-6-3-2-4-7-14/h2-12H,13H2,1H3. The summed E-state index contributed by atoms with van der Waals surface area (Å²) in [5.74, 6) is 1.08. The van der Waals surface area contributed by atoms with E-state index in [4.69, 9.17) is 4.74 Å². The Bertz CT molecular complexity index is 1100. The van der Waals surface area contributed by atoms with Gasteiger partial charge in [-0.05, 0) is 24.3 Å². The fraction of sp³-hybridized carbons (Fsp3) is 0.100. The second kappa shape index (κ2) is 7.59. The van der Waals surface area contributed by atoms with Crippen molar-refractivity contribution in [2.45, 2.75) is 5.16 Å². The van der Waals surface area contributed by atoms with Gasteiger partial charge in [-0.25, -0.2) is 0 Å². The summed E-state index contributed by atoms with van der Waals surface area (Å²) in [4.78, 5) is 12.3. The molecule has 6 nitrogen and oxygen atoms in total. The summed E-state index contributed by atoms with van der Waals surface area (Å²) in [5, 5.41) is 13.5. The highest BCUT2D eigenvalue weighted by Gasteiger charge is 2.13. The number of thioether (sulfide) groups is 1. The SMILES string of the molecule is COc1cccc(-c2ccc3nnc(SCC(=O)c4ccccc4)n3n2)c1. The Labute approximate surface area is 160 Å². The first-order chi connectivity index (χ1) is 13.2. The van der Waals surface area contributed by atoms with Crippen LogP contribution in [0.25, 0.3) is 16.9 Å². The maximum atomic E-state index is 12.3. The largest absolute Gasteiger partial charge is 0.497 e. The predicted octanol–water partition coefficient (Wildman–Crippen LogP) is 3.77. The van der Waals surface area contributed by atoms with Crippen molar-refractivity contribution in [3.63, 3.8) is 0 Å². The Balaban J connectivity index is 1.59. The van der Waals surface area contributed by atoms with E-state index in [9.17, 15) is 4.79 Å². The van der Waals surface area contributed by atoms with Crippen molar-refractivity contribution in [1.82, 2.24) is 19.8 Å². The Morgan fingerprint density at radius 2 is 1.89 bits per heavy atom. The highest BCUT2D eigenvalue weighted by Crippen LogP contribution is 2.24.